The monoisotopic (exact) mass is 467 g/mol. The normalized spacial score (nSPS) is 15.8. The van der Waals surface area contributed by atoms with Gasteiger partial charge in [-0.1, -0.05) is 32.4 Å². The molecule has 2 rings (SSSR count). The third-order valence-corrected chi connectivity index (χ3v) is 4.29. The molecule has 0 fully saturated rings. The van der Waals surface area contributed by atoms with Crippen LogP contribution in [0.1, 0.15) is 31.9 Å². The molecule has 0 aliphatic carbocycles. The molecule has 1 heterocycles. The van der Waals surface area contributed by atoms with Crippen molar-refractivity contribution >= 4 is 29.6 Å². The number of benzene rings is 1. The number of alkyl halides is 3. The lowest BCUT2D eigenvalue weighted by Crippen LogP contribution is -2.41. The molecule has 1 aliphatic heterocycles. The van der Waals surface area contributed by atoms with Crippen LogP contribution in [0.5, 0.6) is 5.75 Å². The molecular weight excluding hydrogens is 451 g/mol. The molecule has 1 atom stereocenters. The van der Waals surface area contributed by atoms with Crippen LogP contribution in [0, 0.1) is 10.1 Å². The van der Waals surface area contributed by atoms with Crippen LogP contribution >= 0.6 is 11.6 Å². The van der Waals surface area contributed by atoms with E-state index in [1.807, 2.05) is 20.8 Å². The Morgan fingerprint density at radius 3 is 2.42 bits per heavy atom. The largest absolute Gasteiger partial charge is 0.475 e. The summed E-state index contributed by atoms with van der Waals surface area (Å²) in [6.45, 7) is 3.30. The molecular formula is C18H17ClF3NO8. The fraction of sp³-hybridized carbons (Fsp3) is 0.444. The van der Waals surface area contributed by atoms with Gasteiger partial charge in [0.05, 0.1) is 5.57 Å². The zero-order chi connectivity index (χ0) is 23.6. The van der Waals surface area contributed by atoms with E-state index in [2.05, 4.69) is 14.3 Å². The Balaban J connectivity index is 2.24. The summed E-state index contributed by atoms with van der Waals surface area (Å²) in [7, 11) is 0. The van der Waals surface area contributed by atoms with Crippen LogP contribution in [0.15, 0.2) is 17.7 Å². The predicted octanol–water partition coefficient (Wildman–Crippen LogP) is 3.60. The third kappa shape index (κ3) is 6.23. The molecule has 1 aromatic carbocycles. The topological polar surface area (TPSA) is 114 Å². The average molecular weight is 468 g/mol. The second-order valence-corrected chi connectivity index (χ2v) is 7.73. The second-order valence-electron chi connectivity index (χ2n) is 7.32. The number of carbonyl (C=O) groups excluding carboxylic acids is 2. The van der Waals surface area contributed by atoms with Crippen LogP contribution in [0.3, 0.4) is 0 Å². The number of halogens is 4. The first-order valence-electron chi connectivity index (χ1n) is 8.59. The average Bonchev–Trinajstić information content (AvgIpc) is 2.63. The Hall–Kier alpha value is -3.02. The minimum atomic E-state index is -4.96. The van der Waals surface area contributed by atoms with Crippen molar-refractivity contribution in [2.45, 2.75) is 38.5 Å². The van der Waals surface area contributed by atoms with Crippen LogP contribution in [0.2, 0.25) is 5.02 Å². The number of nitrogens with zero attached hydrogens (tertiary/aromatic N) is 1. The Morgan fingerprint density at radius 1 is 1.23 bits per heavy atom. The van der Waals surface area contributed by atoms with Gasteiger partial charge in [0.25, 0.3) is 5.09 Å². The fourth-order valence-electron chi connectivity index (χ4n) is 2.58. The molecule has 1 unspecified atom stereocenters. The Morgan fingerprint density at radius 2 is 1.87 bits per heavy atom. The number of carbonyl (C=O) groups is 2. The van der Waals surface area contributed by atoms with Gasteiger partial charge < -0.3 is 19.0 Å². The Kier molecular flexibility index (Phi) is 7.04. The molecule has 1 aromatic rings. The summed E-state index contributed by atoms with van der Waals surface area (Å²) in [5.41, 5.74) is -0.689. The van der Waals surface area contributed by atoms with E-state index < -0.39 is 53.7 Å². The van der Waals surface area contributed by atoms with E-state index in [-0.39, 0.29) is 16.3 Å². The second kappa shape index (κ2) is 9.00. The summed E-state index contributed by atoms with van der Waals surface area (Å²) in [6, 6.07) is 2.75. The van der Waals surface area contributed by atoms with Crippen molar-refractivity contribution in [3.63, 3.8) is 0 Å². The highest BCUT2D eigenvalue weighted by Crippen LogP contribution is 2.42. The smallest absolute Gasteiger partial charge is 0.430 e. The first kappa shape index (κ1) is 24.3. The summed E-state index contributed by atoms with van der Waals surface area (Å²) in [4.78, 5) is 37.1. The van der Waals surface area contributed by atoms with E-state index in [0.29, 0.717) is 5.56 Å². The van der Waals surface area contributed by atoms with Gasteiger partial charge in [0.2, 0.25) is 12.9 Å². The lowest BCUT2D eigenvalue weighted by molar-refractivity contribution is -0.754. The highest BCUT2D eigenvalue weighted by atomic mass is 35.5. The summed E-state index contributed by atoms with van der Waals surface area (Å²) in [5, 5.41) is 8.99. The van der Waals surface area contributed by atoms with E-state index in [9.17, 15) is 32.9 Å². The van der Waals surface area contributed by atoms with Crippen molar-refractivity contribution in [2.24, 2.45) is 0 Å². The first-order chi connectivity index (χ1) is 14.2. The molecule has 0 aromatic heterocycles. The zero-order valence-electron chi connectivity index (χ0n) is 16.4. The van der Waals surface area contributed by atoms with Crippen molar-refractivity contribution in [1.29, 1.82) is 0 Å². The Labute approximate surface area is 178 Å². The van der Waals surface area contributed by atoms with E-state index in [1.165, 1.54) is 12.1 Å². The summed E-state index contributed by atoms with van der Waals surface area (Å²) >= 11 is 6.23. The number of esters is 2. The molecule has 0 spiro atoms. The fourth-order valence-corrected chi connectivity index (χ4v) is 3.04. The maximum absolute atomic E-state index is 13.5. The predicted molar refractivity (Wildman–Crippen MR) is 98.6 cm³/mol. The van der Waals surface area contributed by atoms with E-state index in [4.69, 9.17) is 16.3 Å². The molecule has 170 valence electrons. The van der Waals surface area contributed by atoms with Gasteiger partial charge in [0, 0.05) is 10.6 Å². The van der Waals surface area contributed by atoms with Gasteiger partial charge in [0.1, 0.15) is 5.75 Å². The van der Waals surface area contributed by atoms with E-state index >= 15 is 0 Å². The van der Waals surface area contributed by atoms with Gasteiger partial charge in [0.15, 0.2) is 6.61 Å². The van der Waals surface area contributed by atoms with Crippen LogP contribution in [-0.4, -0.2) is 42.7 Å². The highest BCUT2D eigenvalue weighted by molar-refractivity contribution is 6.31. The first-order valence-corrected chi connectivity index (χ1v) is 8.97. The van der Waals surface area contributed by atoms with Crippen molar-refractivity contribution in [1.82, 2.24) is 0 Å². The number of ether oxygens (including phenoxy) is 3. The van der Waals surface area contributed by atoms with Crippen LogP contribution in [-0.2, 0) is 29.3 Å². The van der Waals surface area contributed by atoms with Gasteiger partial charge in [-0.3, -0.25) is 0 Å². The Bertz CT molecular complexity index is 924. The third-order valence-electron chi connectivity index (χ3n) is 3.98. The maximum atomic E-state index is 13.5. The summed E-state index contributed by atoms with van der Waals surface area (Å²) < 4.78 is 54.5. The zero-order valence-corrected chi connectivity index (χ0v) is 17.2. The van der Waals surface area contributed by atoms with Crippen molar-refractivity contribution in [3.05, 3.63) is 44.0 Å². The molecule has 1 aliphatic rings. The van der Waals surface area contributed by atoms with Gasteiger partial charge in [-0.05, 0) is 29.2 Å². The molecule has 9 nitrogen and oxygen atoms in total. The standard InChI is InChI=1S/C18H17ClF3NO8/c1-17(2,3)11-6-13-9(5-12(11)19)4-10(15(31-13)18(20,21)22)16(25)29-8-28-14(24)7-30-23(26)27/h4-6,15H,7-8H2,1-3H3. The molecule has 0 N–H and O–H groups in total. The van der Waals surface area contributed by atoms with Gasteiger partial charge >= 0.3 is 18.1 Å². The quantitative estimate of drug-likeness (QED) is 0.270. The van der Waals surface area contributed by atoms with Crippen molar-refractivity contribution < 1.29 is 46.9 Å². The lowest BCUT2D eigenvalue weighted by atomic mass is 9.85. The van der Waals surface area contributed by atoms with E-state index in [0.717, 1.165) is 6.08 Å². The van der Waals surface area contributed by atoms with Crippen molar-refractivity contribution in [2.75, 3.05) is 13.4 Å². The molecule has 0 bridgehead atoms. The van der Waals surface area contributed by atoms with Crippen LogP contribution in [0.4, 0.5) is 13.2 Å². The number of fused-ring (bicyclic) bond motifs is 1. The van der Waals surface area contributed by atoms with Gasteiger partial charge in [-0.25, -0.2) is 9.59 Å². The molecule has 0 radical (unpaired) electrons. The highest BCUT2D eigenvalue weighted by Gasteiger charge is 2.49. The van der Waals surface area contributed by atoms with Crippen LogP contribution < -0.4 is 4.74 Å². The number of hydrogen-bond donors (Lipinski definition) is 0. The maximum Gasteiger partial charge on any atom is 0.430 e. The lowest BCUT2D eigenvalue weighted by Gasteiger charge is -2.30. The minimum Gasteiger partial charge on any atom is -0.475 e. The molecule has 31 heavy (non-hydrogen) atoms. The minimum absolute atomic E-state index is 0.114. The van der Waals surface area contributed by atoms with Gasteiger partial charge in [-0.2, -0.15) is 13.2 Å². The molecule has 0 saturated heterocycles. The summed E-state index contributed by atoms with van der Waals surface area (Å²) in [6.07, 6.45) is -6.66. The number of rotatable bonds is 6. The molecule has 0 saturated carbocycles. The van der Waals surface area contributed by atoms with E-state index in [1.54, 1.807) is 0 Å². The number of hydrogen-bond acceptors (Lipinski definition) is 8. The SMILES string of the molecule is CC(C)(C)c1cc2c(cc1Cl)C=C(C(=O)OCOC(=O)CO[N+](=O)[O-])C(C(F)(F)F)O2. The van der Waals surface area contributed by atoms with Gasteiger partial charge in [-0.15, -0.1) is 10.1 Å². The summed E-state index contributed by atoms with van der Waals surface area (Å²) in [5.74, 6) is -2.85. The van der Waals surface area contributed by atoms with Crippen LogP contribution in [0.25, 0.3) is 6.08 Å². The van der Waals surface area contributed by atoms with Crippen molar-refractivity contribution in [3.8, 4) is 5.75 Å². The molecule has 0 amide bonds. The molecule has 13 heteroatoms.